The quantitative estimate of drug-likeness (QED) is 0.552. The van der Waals surface area contributed by atoms with E-state index < -0.39 is 0 Å². The molecule has 156 valence electrons. The Morgan fingerprint density at radius 2 is 1.73 bits per heavy atom. The van der Waals surface area contributed by atoms with Crippen molar-refractivity contribution in [3.05, 3.63) is 71.9 Å². The molecule has 3 aromatic rings. The van der Waals surface area contributed by atoms with Gasteiger partial charge in [0.05, 0.1) is 25.0 Å². The van der Waals surface area contributed by atoms with Crippen LogP contribution in [0.1, 0.15) is 29.4 Å². The zero-order valence-corrected chi connectivity index (χ0v) is 17.5. The number of carbonyl (C=O) groups is 2. The topological polar surface area (TPSA) is 69.6 Å². The van der Waals surface area contributed by atoms with Gasteiger partial charge < -0.3 is 19.4 Å². The van der Waals surface area contributed by atoms with Gasteiger partial charge in [0.15, 0.2) is 0 Å². The lowest BCUT2D eigenvalue weighted by atomic mass is 10.1. The van der Waals surface area contributed by atoms with Crippen LogP contribution in [0.15, 0.2) is 60.7 Å². The minimum Gasteiger partial charge on any atom is -0.495 e. The van der Waals surface area contributed by atoms with Crippen LogP contribution in [-0.4, -0.2) is 30.2 Å². The van der Waals surface area contributed by atoms with Crippen LogP contribution in [0.4, 0.5) is 5.69 Å². The van der Waals surface area contributed by atoms with Crippen LogP contribution in [0.3, 0.4) is 0 Å². The van der Waals surface area contributed by atoms with Gasteiger partial charge in [0.2, 0.25) is 5.91 Å². The number of hydrogen-bond donors (Lipinski definition) is 1. The van der Waals surface area contributed by atoms with Crippen molar-refractivity contribution in [2.45, 2.75) is 26.8 Å². The number of esters is 1. The van der Waals surface area contributed by atoms with E-state index in [2.05, 4.69) is 5.32 Å². The fraction of sp³-hybridized carbons (Fsp3) is 0.250. The van der Waals surface area contributed by atoms with Crippen molar-refractivity contribution >= 4 is 17.6 Å². The van der Waals surface area contributed by atoms with Gasteiger partial charge in [0.25, 0.3) is 0 Å². The van der Waals surface area contributed by atoms with Crippen molar-refractivity contribution in [1.82, 2.24) is 4.57 Å². The molecule has 6 nitrogen and oxygen atoms in total. The molecule has 1 aromatic heterocycles. The van der Waals surface area contributed by atoms with Gasteiger partial charge in [-0.25, -0.2) is 4.79 Å². The molecule has 1 amide bonds. The number of rotatable bonds is 8. The zero-order chi connectivity index (χ0) is 21.5. The third-order valence-electron chi connectivity index (χ3n) is 4.87. The molecular formula is C24H26N2O4. The molecule has 1 heterocycles. The minimum atomic E-state index is -0.357. The first-order valence-corrected chi connectivity index (χ1v) is 9.90. The van der Waals surface area contributed by atoms with E-state index in [0.29, 0.717) is 30.2 Å². The van der Waals surface area contributed by atoms with Crippen LogP contribution in [-0.2, 0) is 16.1 Å². The Morgan fingerprint density at radius 3 is 2.43 bits per heavy atom. The molecule has 0 unspecified atom stereocenters. The lowest BCUT2D eigenvalue weighted by molar-refractivity contribution is -0.116. The average molecular weight is 406 g/mol. The van der Waals surface area contributed by atoms with Crippen LogP contribution < -0.4 is 10.1 Å². The number of anilines is 1. The Balaban J connectivity index is 1.83. The number of para-hydroxylation sites is 2. The van der Waals surface area contributed by atoms with Crippen LogP contribution in [0.5, 0.6) is 5.75 Å². The molecule has 0 aliphatic rings. The molecule has 1 N–H and O–H groups in total. The predicted molar refractivity (Wildman–Crippen MR) is 117 cm³/mol. The van der Waals surface area contributed by atoms with Gasteiger partial charge >= 0.3 is 5.97 Å². The van der Waals surface area contributed by atoms with E-state index in [-0.39, 0.29) is 18.3 Å². The predicted octanol–water partition coefficient (Wildman–Crippen LogP) is 4.68. The van der Waals surface area contributed by atoms with Gasteiger partial charge in [-0.05, 0) is 37.6 Å². The van der Waals surface area contributed by atoms with Crippen molar-refractivity contribution in [3.8, 4) is 17.0 Å². The van der Waals surface area contributed by atoms with Crippen LogP contribution in [0, 0.1) is 6.92 Å². The van der Waals surface area contributed by atoms with Gasteiger partial charge in [0.1, 0.15) is 5.75 Å². The summed E-state index contributed by atoms with van der Waals surface area (Å²) in [5.41, 5.74) is 3.77. The lowest BCUT2D eigenvalue weighted by Crippen LogP contribution is -2.16. The summed E-state index contributed by atoms with van der Waals surface area (Å²) < 4.78 is 12.5. The number of benzene rings is 2. The summed E-state index contributed by atoms with van der Waals surface area (Å²) >= 11 is 0. The maximum Gasteiger partial charge on any atom is 0.339 e. The first kappa shape index (κ1) is 21.2. The molecule has 0 saturated carbocycles. The smallest absolute Gasteiger partial charge is 0.339 e. The van der Waals surface area contributed by atoms with Crippen molar-refractivity contribution in [2.24, 2.45) is 0 Å². The molecule has 0 spiro atoms. The second-order valence-electron chi connectivity index (χ2n) is 6.77. The molecule has 0 radical (unpaired) electrons. The molecule has 0 aliphatic heterocycles. The molecule has 0 saturated heterocycles. The van der Waals surface area contributed by atoms with Crippen molar-refractivity contribution in [2.75, 3.05) is 19.0 Å². The highest BCUT2D eigenvalue weighted by atomic mass is 16.5. The number of amides is 1. The maximum absolute atomic E-state index is 12.6. The first-order chi connectivity index (χ1) is 14.5. The van der Waals surface area contributed by atoms with E-state index in [1.54, 1.807) is 26.2 Å². The number of hydrogen-bond acceptors (Lipinski definition) is 4. The van der Waals surface area contributed by atoms with Gasteiger partial charge in [0, 0.05) is 24.4 Å². The van der Waals surface area contributed by atoms with Crippen molar-refractivity contribution < 1.29 is 19.1 Å². The normalized spacial score (nSPS) is 10.5. The Bertz CT molecular complexity index is 1020. The minimum absolute atomic E-state index is 0.135. The van der Waals surface area contributed by atoms with E-state index in [1.165, 1.54) is 0 Å². The molecule has 6 heteroatoms. The third kappa shape index (κ3) is 4.71. The Morgan fingerprint density at radius 1 is 1.03 bits per heavy atom. The van der Waals surface area contributed by atoms with Crippen molar-refractivity contribution in [3.63, 3.8) is 0 Å². The summed E-state index contributed by atoms with van der Waals surface area (Å²) in [4.78, 5) is 25.0. The average Bonchev–Trinajstić information content (AvgIpc) is 3.10. The van der Waals surface area contributed by atoms with Gasteiger partial charge in [-0.3, -0.25) is 4.79 Å². The van der Waals surface area contributed by atoms with E-state index in [1.807, 2.05) is 60.0 Å². The van der Waals surface area contributed by atoms with Crippen LogP contribution in [0.25, 0.3) is 11.3 Å². The fourth-order valence-corrected chi connectivity index (χ4v) is 3.37. The summed E-state index contributed by atoms with van der Waals surface area (Å²) in [6, 6.07) is 18.9. The Hall–Kier alpha value is -3.54. The molecule has 30 heavy (non-hydrogen) atoms. The monoisotopic (exact) mass is 406 g/mol. The van der Waals surface area contributed by atoms with E-state index in [9.17, 15) is 9.59 Å². The summed E-state index contributed by atoms with van der Waals surface area (Å²) in [5, 5.41) is 2.89. The summed E-state index contributed by atoms with van der Waals surface area (Å²) in [7, 11) is 1.57. The highest BCUT2D eigenvalue weighted by molar-refractivity contribution is 5.93. The zero-order valence-electron chi connectivity index (χ0n) is 17.5. The molecule has 2 aromatic carbocycles. The second kappa shape index (κ2) is 9.78. The summed E-state index contributed by atoms with van der Waals surface area (Å²) in [6.07, 6.45) is 0.246. The fourth-order valence-electron chi connectivity index (χ4n) is 3.37. The molecule has 3 rings (SSSR count). The lowest BCUT2D eigenvalue weighted by Gasteiger charge is -2.13. The Labute approximate surface area is 176 Å². The highest BCUT2D eigenvalue weighted by Crippen LogP contribution is 2.27. The molecular weight excluding hydrogens is 380 g/mol. The van der Waals surface area contributed by atoms with Gasteiger partial charge in [-0.1, -0.05) is 42.5 Å². The SMILES string of the molecule is CCOC(=O)c1cc(-c2ccccc2)n(CCC(=O)Nc2ccccc2OC)c1C. The largest absolute Gasteiger partial charge is 0.495 e. The number of nitrogens with one attached hydrogen (secondary N) is 1. The van der Waals surface area contributed by atoms with Gasteiger partial charge in [-0.15, -0.1) is 0 Å². The molecule has 0 bridgehead atoms. The van der Waals surface area contributed by atoms with Gasteiger partial charge in [-0.2, -0.15) is 0 Å². The van der Waals surface area contributed by atoms with Crippen LogP contribution >= 0.6 is 0 Å². The number of methoxy groups -OCH3 is 1. The Kier molecular flexibility index (Phi) is 6.91. The van der Waals surface area contributed by atoms with E-state index >= 15 is 0 Å². The summed E-state index contributed by atoms with van der Waals surface area (Å²) in [5.74, 6) is 0.117. The third-order valence-corrected chi connectivity index (χ3v) is 4.87. The van der Waals surface area contributed by atoms with E-state index in [0.717, 1.165) is 17.0 Å². The second-order valence-corrected chi connectivity index (χ2v) is 6.77. The molecule has 0 fully saturated rings. The standard InChI is InChI=1S/C24H26N2O4/c1-4-30-24(28)19-16-21(18-10-6-5-7-11-18)26(17(19)2)15-14-23(27)25-20-12-8-9-13-22(20)29-3/h5-13,16H,4,14-15H2,1-3H3,(H,25,27). The van der Waals surface area contributed by atoms with E-state index in [4.69, 9.17) is 9.47 Å². The number of carbonyl (C=O) groups excluding carboxylic acids is 2. The first-order valence-electron chi connectivity index (χ1n) is 9.90. The maximum atomic E-state index is 12.6. The number of aromatic nitrogens is 1. The summed E-state index contributed by atoms with van der Waals surface area (Å²) in [6.45, 7) is 4.39. The molecule has 0 aliphatic carbocycles. The number of nitrogens with zero attached hydrogens (tertiary/aromatic N) is 1. The number of ether oxygens (including phenoxy) is 2. The van der Waals surface area contributed by atoms with Crippen molar-refractivity contribution in [1.29, 1.82) is 0 Å². The van der Waals surface area contributed by atoms with Crippen LogP contribution in [0.2, 0.25) is 0 Å². The molecule has 0 atom stereocenters. The highest BCUT2D eigenvalue weighted by Gasteiger charge is 2.20.